The Morgan fingerprint density at radius 1 is 1.38 bits per heavy atom. The van der Waals surface area contributed by atoms with Crippen LogP contribution in [0.15, 0.2) is 30.5 Å². The van der Waals surface area contributed by atoms with E-state index in [-0.39, 0.29) is 11.1 Å². The Hall–Kier alpha value is -1.42. The molecule has 2 nitrogen and oxygen atoms in total. The van der Waals surface area contributed by atoms with E-state index in [1.807, 2.05) is 6.08 Å². The lowest BCUT2D eigenvalue weighted by molar-refractivity contribution is 0.0885. The second-order valence-electron chi connectivity index (χ2n) is 4.27. The van der Waals surface area contributed by atoms with Crippen molar-refractivity contribution in [3.05, 3.63) is 47.7 Å². The zero-order chi connectivity index (χ0) is 11.2. The molecule has 3 rings (SSSR count). The van der Waals surface area contributed by atoms with E-state index in [0.717, 1.165) is 25.1 Å². The van der Waals surface area contributed by atoms with Crippen LogP contribution in [0.2, 0.25) is 0 Å². The lowest BCUT2D eigenvalue weighted by atomic mass is 9.91. The fourth-order valence-electron chi connectivity index (χ4n) is 2.16. The van der Waals surface area contributed by atoms with Crippen molar-refractivity contribution in [1.82, 2.24) is 5.32 Å². The fraction of sp³-hybridized carbons (Fsp3) is 0.333. The molecule has 0 amide bonds. The predicted molar refractivity (Wildman–Crippen MR) is 54.7 cm³/mol. The van der Waals surface area contributed by atoms with Gasteiger partial charge in [-0.3, -0.25) is 0 Å². The Bertz CT molecular complexity index is 454. The Morgan fingerprint density at radius 3 is 2.94 bits per heavy atom. The Morgan fingerprint density at radius 2 is 2.19 bits per heavy atom. The van der Waals surface area contributed by atoms with Crippen LogP contribution in [0.4, 0.5) is 8.78 Å². The Labute approximate surface area is 91.9 Å². The van der Waals surface area contributed by atoms with Gasteiger partial charge in [-0.25, -0.2) is 8.78 Å². The minimum atomic E-state index is -0.439. The lowest BCUT2D eigenvalue weighted by Gasteiger charge is -2.28. The molecule has 0 aliphatic carbocycles. The van der Waals surface area contributed by atoms with Crippen LogP contribution in [-0.2, 0) is 4.74 Å². The number of nitrogens with one attached hydrogen (secondary N) is 1. The van der Waals surface area contributed by atoms with Crippen molar-refractivity contribution in [3.63, 3.8) is 0 Å². The van der Waals surface area contributed by atoms with Gasteiger partial charge in [0, 0.05) is 12.1 Å². The summed E-state index contributed by atoms with van der Waals surface area (Å²) in [5.74, 6) is -0.861. The molecule has 1 unspecified atom stereocenters. The van der Waals surface area contributed by atoms with Crippen LogP contribution < -0.4 is 5.32 Å². The third-order valence-corrected chi connectivity index (χ3v) is 3.17. The zero-order valence-electron chi connectivity index (χ0n) is 8.54. The number of halogens is 2. The highest BCUT2D eigenvalue weighted by Gasteiger charge is 2.52. The van der Waals surface area contributed by atoms with Crippen molar-refractivity contribution in [2.45, 2.75) is 18.1 Å². The van der Waals surface area contributed by atoms with Crippen LogP contribution in [0.25, 0.3) is 0 Å². The molecule has 0 radical (unpaired) electrons. The van der Waals surface area contributed by atoms with Crippen LogP contribution >= 0.6 is 0 Å². The fourth-order valence-corrected chi connectivity index (χ4v) is 2.16. The van der Waals surface area contributed by atoms with Crippen LogP contribution in [-0.4, -0.2) is 12.1 Å². The van der Waals surface area contributed by atoms with Crippen LogP contribution in [0.1, 0.15) is 18.1 Å². The summed E-state index contributed by atoms with van der Waals surface area (Å²) in [6.45, 7) is 0.776. The zero-order valence-corrected chi connectivity index (χ0v) is 8.54. The van der Waals surface area contributed by atoms with E-state index >= 15 is 0 Å². The topological polar surface area (TPSA) is 31.2 Å². The quantitative estimate of drug-likeness (QED) is 0.740. The molecule has 84 valence electrons. The summed E-state index contributed by atoms with van der Waals surface area (Å²) in [6, 6.07) is 3.47. The normalized spacial score (nSPS) is 31.5. The van der Waals surface area contributed by atoms with Gasteiger partial charge in [-0.1, -0.05) is 0 Å². The lowest BCUT2D eigenvalue weighted by Crippen LogP contribution is -2.29. The molecule has 2 heterocycles. The van der Waals surface area contributed by atoms with Crippen LogP contribution in [0, 0.1) is 11.6 Å². The highest BCUT2D eigenvalue weighted by Crippen LogP contribution is 2.43. The maximum absolute atomic E-state index is 13.6. The van der Waals surface area contributed by atoms with Crippen molar-refractivity contribution in [2.75, 3.05) is 6.54 Å². The van der Waals surface area contributed by atoms with Gasteiger partial charge in [0.1, 0.15) is 17.7 Å². The summed E-state index contributed by atoms with van der Waals surface area (Å²) < 4.78 is 32.2. The molecular formula is C12H11F2NO. The van der Waals surface area contributed by atoms with Gasteiger partial charge in [0.15, 0.2) is 0 Å². The highest BCUT2D eigenvalue weighted by molar-refractivity contribution is 5.30. The minimum Gasteiger partial charge on any atom is -0.492 e. The number of hydrogen-bond donors (Lipinski definition) is 1. The first-order valence-corrected chi connectivity index (χ1v) is 5.22. The molecule has 2 aliphatic heterocycles. The molecular weight excluding hydrogens is 212 g/mol. The molecule has 1 aromatic carbocycles. The van der Waals surface area contributed by atoms with Crippen LogP contribution in [0.5, 0.6) is 0 Å². The number of hydrogen-bond acceptors (Lipinski definition) is 2. The van der Waals surface area contributed by atoms with E-state index in [1.165, 1.54) is 6.07 Å². The van der Waals surface area contributed by atoms with Crippen molar-refractivity contribution < 1.29 is 13.5 Å². The van der Waals surface area contributed by atoms with Gasteiger partial charge in [-0.2, -0.15) is 0 Å². The maximum Gasteiger partial charge on any atom is 0.145 e. The molecule has 1 saturated heterocycles. The summed E-state index contributed by atoms with van der Waals surface area (Å²) in [4.78, 5) is 0. The Balaban J connectivity index is 2.02. The van der Waals surface area contributed by atoms with Crippen molar-refractivity contribution in [2.24, 2.45) is 0 Å². The molecule has 2 atom stereocenters. The van der Waals surface area contributed by atoms with E-state index in [4.69, 9.17) is 4.74 Å². The molecule has 1 fully saturated rings. The molecule has 1 spiro atoms. The summed E-state index contributed by atoms with van der Waals surface area (Å²) in [5.41, 5.74) is 0.0537. The summed E-state index contributed by atoms with van der Waals surface area (Å²) in [7, 11) is 0. The van der Waals surface area contributed by atoms with E-state index in [2.05, 4.69) is 5.32 Å². The Kier molecular flexibility index (Phi) is 2.01. The van der Waals surface area contributed by atoms with Gasteiger partial charge in [0.2, 0.25) is 0 Å². The van der Waals surface area contributed by atoms with Crippen LogP contribution in [0.3, 0.4) is 0 Å². The minimum absolute atomic E-state index is 0.233. The maximum atomic E-state index is 13.6. The third-order valence-electron chi connectivity index (χ3n) is 3.17. The molecule has 16 heavy (non-hydrogen) atoms. The van der Waals surface area contributed by atoms with E-state index in [1.54, 1.807) is 6.26 Å². The van der Waals surface area contributed by atoms with Gasteiger partial charge in [0.05, 0.1) is 11.8 Å². The first-order chi connectivity index (χ1) is 7.71. The summed E-state index contributed by atoms with van der Waals surface area (Å²) in [6.07, 6.45) is 3.80. The molecule has 0 bridgehead atoms. The smallest absolute Gasteiger partial charge is 0.145 e. The highest BCUT2D eigenvalue weighted by atomic mass is 19.1. The standard InChI is InChI=1S/C12H11F2NO/c13-8-2-3-10(14)9(6-8)11-12(7-15-12)4-1-5-16-11/h1-3,5-6,11,15H,4,7H2/t11-,12?/m1/s1. The average molecular weight is 223 g/mol. The second kappa shape index (κ2) is 3.28. The van der Waals surface area contributed by atoms with Crippen molar-refractivity contribution >= 4 is 0 Å². The summed E-state index contributed by atoms with van der Waals surface area (Å²) >= 11 is 0. The molecule has 4 heteroatoms. The van der Waals surface area contributed by atoms with E-state index in [9.17, 15) is 8.78 Å². The molecule has 0 aromatic heterocycles. The van der Waals surface area contributed by atoms with E-state index in [0.29, 0.717) is 0 Å². The van der Waals surface area contributed by atoms with Crippen molar-refractivity contribution in [3.8, 4) is 0 Å². The second-order valence-corrected chi connectivity index (χ2v) is 4.27. The van der Waals surface area contributed by atoms with Crippen molar-refractivity contribution in [1.29, 1.82) is 0 Å². The van der Waals surface area contributed by atoms with Gasteiger partial charge in [-0.15, -0.1) is 0 Å². The molecule has 2 aliphatic rings. The van der Waals surface area contributed by atoms with Gasteiger partial charge in [-0.05, 0) is 30.7 Å². The monoisotopic (exact) mass is 223 g/mol. The third kappa shape index (κ3) is 1.41. The average Bonchev–Trinajstić information content (AvgIpc) is 3.03. The molecule has 1 aromatic rings. The van der Waals surface area contributed by atoms with Gasteiger partial charge >= 0.3 is 0 Å². The van der Waals surface area contributed by atoms with Gasteiger partial charge < -0.3 is 10.1 Å². The SMILES string of the molecule is Fc1ccc(F)c([C@H]2OC=CCC23CN3)c1. The number of rotatable bonds is 1. The first kappa shape index (κ1) is 9.78. The van der Waals surface area contributed by atoms with E-state index < -0.39 is 17.7 Å². The summed E-state index contributed by atoms with van der Waals surface area (Å²) in [5, 5.41) is 3.18. The first-order valence-electron chi connectivity index (χ1n) is 5.22. The number of benzene rings is 1. The largest absolute Gasteiger partial charge is 0.492 e. The predicted octanol–water partition coefficient (Wildman–Crippen LogP) is 2.28. The molecule has 1 N–H and O–H groups in total. The molecule has 0 saturated carbocycles. The van der Waals surface area contributed by atoms with Gasteiger partial charge in [0.25, 0.3) is 0 Å². The number of ether oxygens (including phenoxy) is 1.